The Balaban J connectivity index is 2.38. The number of aliphatic hydroxyl groups excluding tert-OH is 1. The number of hydrogen-bond donors (Lipinski definition) is 1. The van der Waals surface area contributed by atoms with Crippen molar-refractivity contribution in [2.24, 2.45) is 0 Å². The molecule has 0 aliphatic carbocycles. The summed E-state index contributed by atoms with van der Waals surface area (Å²) in [5, 5.41) is 20.0. The van der Waals surface area contributed by atoms with Gasteiger partial charge in [-0.05, 0) is 29.8 Å². The molecule has 0 bridgehead atoms. The van der Waals surface area contributed by atoms with Gasteiger partial charge in [0.15, 0.2) is 0 Å². The number of ether oxygens (including phenoxy) is 1. The van der Waals surface area contributed by atoms with E-state index in [0.717, 1.165) is 0 Å². The first-order valence-electron chi connectivity index (χ1n) is 5.42. The summed E-state index contributed by atoms with van der Waals surface area (Å²) in [4.78, 5) is 10.4. The topological polar surface area (TPSA) is 72.6 Å². The van der Waals surface area contributed by atoms with E-state index < -0.39 is 4.92 Å². The average molecular weight is 280 g/mol. The number of nitro groups is 1. The van der Waals surface area contributed by atoms with Crippen LogP contribution in [-0.4, -0.2) is 10.0 Å². The van der Waals surface area contributed by atoms with Gasteiger partial charge >= 0.3 is 5.69 Å². The van der Waals surface area contributed by atoms with Crippen molar-refractivity contribution in [2.75, 3.05) is 0 Å². The minimum atomic E-state index is -0.590. The summed E-state index contributed by atoms with van der Waals surface area (Å²) in [5.74, 6) is 0.463. The molecule has 0 atom stereocenters. The number of hydrogen-bond acceptors (Lipinski definition) is 4. The number of rotatable bonds is 4. The second-order valence-electron chi connectivity index (χ2n) is 3.75. The highest BCUT2D eigenvalue weighted by molar-refractivity contribution is 6.32. The molecule has 0 spiro atoms. The van der Waals surface area contributed by atoms with Gasteiger partial charge in [-0.2, -0.15) is 0 Å². The molecule has 5 nitrogen and oxygen atoms in total. The van der Waals surface area contributed by atoms with Gasteiger partial charge in [-0.25, -0.2) is 0 Å². The molecule has 1 N–H and O–H groups in total. The second-order valence-corrected chi connectivity index (χ2v) is 4.16. The van der Waals surface area contributed by atoms with Crippen LogP contribution in [0.15, 0.2) is 42.5 Å². The third kappa shape index (κ3) is 3.01. The average Bonchev–Trinajstić information content (AvgIpc) is 2.38. The minimum absolute atomic E-state index is 0.0146. The molecular formula is C13H10ClNO4. The van der Waals surface area contributed by atoms with Crippen LogP contribution >= 0.6 is 11.6 Å². The maximum Gasteiger partial charge on any atom is 0.329 e. The maximum atomic E-state index is 11.0. The zero-order valence-electron chi connectivity index (χ0n) is 9.75. The summed E-state index contributed by atoms with van der Waals surface area (Å²) >= 11 is 5.79. The fourth-order valence-corrected chi connectivity index (χ4v) is 1.82. The van der Waals surface area contributed by atoms with E-state index in [9.17, 15) is 10.1 Å². The van der Waals surface area contributed by atoms with E-state index in [1.54, 1.807) is 30.3 Å². The first kappa shape index (κ1) is 13.3. The number of nitro benzene ring substituents is 1. The highest BCUT2D eigenvalue weighted by atomic mass is 35.5. The van der Waals surface area contributed by atoms with Crippen LogP contribution in [0.4, 0.5) is 5.69 Å². The number of aliphatic hydroxyl groups is 1. The molecule has 6 heteroatoms. The summed E-state index contributed by atoms with van der Waals surface area (Å²) in [6.07, 6.45) is 0. The van der Waals surface area contributed by atoms with Crippen molar-refractivity contribution in [1.29, 1.82) is 0 Å². The molecule has 2 rings (SSSR count). The van der Waals surface area contributed by atoms with Gasteiger partial charge in [-0.15, -0.1) is 0 Å². The van der Waals surface area contributed by atoms with Crippen LogP contribution in [0, 0.1) is 10.1 Å². The maximum absolute atomic E-state index is 11.0. The minimum Gasteiger partial charge on any atom is -0.450 e. The van der Waals surface area contributed by atoms with Crippen molar-refractivity contribution in [3.05, 3.63) is 63.2 Å². The molecular weight excluding hydrogens is 270 g/mol. The van der Waals surface area contributed by atoms with Crippen LogP contribution in [0.1, 0.15) is 5.56 Å². The Morgan fingerprint density at radius 1 is 1.26 bits per heavy atom. The van der Waals surface area contributed by atoms with Crippen molar-refractivity contribution in [3.63, 3.8) is 0 Å². The molecule has 0 amide bonds. The van der Waals surface area contributed by atoms with Gasteiger partial charge in [0.05, 0.1) is 11.5 Å². The van der Waals surface area contributed by atoms with Gasteiger partial charge < -0.3 is 9.84 Å². The SMILES string of the molecule is O=[N+]([O-])c1c(Cl)cccc1Oc1cccc(CO)c1. The van der Waals surface area contributed by atoms with Crippen molar-refractivity contribution in [3.8, 4) is 11.5 Å². The molecule has 0 aliphatic rings. The molecule has 0 radical (unpaired) electrons. The molecule has 2 aromatic carbocycles. The van der Waals surface area contributed by atoms with Crippen molar-refractivity contribution in [2.45, 2.75) is 6.61 Å². The van der Waals surface area contributed by atoms with Gasteiger partial charge in [0.25, 0.3) is 0 Å². The van der Waals surface area contributed by atoms with E-state index in [1.807, 2.05) is 0 Å². The number of benzene rings is 2. The molecule has 0 heterocycles. The van der Waals surface area contributed by atoms with Gasteiger partial charge in [0.1, 0.15) is 10.8 Å². The Bertz CT molecular complexity index is 615. The summed E-state index contributed by atoms with van der Waals surface area (Å²) in [5.41, 5.74) is 0.376. The Labute approximate surface area is 114 Å². The van der Waals surface area contributed by atoms with E-state index in [4.69, 9.17) is 21.4 Å². The van der Waals surface area contributed by atoms with E-state index >= 15 is 0 Å². The van der Waals surface area contributed by atoms with Crippen molar-refractivity contribution >= 4 is 17.3 Å². The predicted octanol–water partition coefficient (Wildman–Crippen LogP) is 3.53. The monoisotopic (exact) mass is 279 g/mol. The lowest BCUT2D eigenvalue weighted by molar-refractivity contribution is -0.385. The van der Waals surface area contributed by atoms with E-state index in [-0.39, 0.29) is 23.1 Å². The van der Waals surface area contributed by atoms with Crippen LogP contribution in [0.3, 0.4) is 0 Å². The molecule has 0 fully saturated rings. The number of halogens is 1. The third-order valence-electron chi connectivity index (χ3n) is 2.44. The molecule has 2 aromatic rings. The second kappa shape index (κ2) is 5.69. The number of para-hydroxylation sites is 1. The fourth-order valence-electron chi connectivity index (χ4n) is 1.59. The Hall–Kier alpha value is -2.11. The summed E-state index contributed by atoms with van der Waals surface area (Å²) in [6, 6.07) is 11.1. The van der Waals surface area contributed by atoms with E-state index in [0.29, 0.717) is 11.3 Å². The summed E-state index contributed by atoms with van der Waals surface area (Å²) < 4.78 is 5.46. The van der Waals surface area contributed by atoms with Crippen molar-refractivity contribution in [1.82, 2.24) is 0 Å². The summed E-state index contributed by atoms with van der Waals surface area (Å²) in [6.45, 7) is -0.130. The summed E-state index contributed by atoms with van der Waals surface area (Å²) in [7, 11) is 0. The molecule has 0 unspecified atom stereocenters. The highest BCUT2D eigenvalue weighted by Crippen LogP contribution is 2.36. The Morgan fingerprint density at radius 2 is 2.00 bits per heavy atom. The van der Waals surface area contributed by atoms with E-state index in [1.165, 1.54) is 12.1 Å². The molecule has 19 heavy (non-hydrogen) atoms. The van der Waals surface area contributed by atoms with Crippen LogP contribution in [-0.2, 0) is 6.61 Å². The first-order valence-corrected chi connectivity index (χ1v) is 5.80. The lowest BCUT2D eigenvalue weighted by atomic mass is 10.2. The Kier molecular flexibility index (Phi) is 3.99. The zero-order valence-corrected chi connectivity index (χ0v) is 10.5. The van der Waals surface area contributed by atoms with Gasteiger partial charge in [0, 0.05) is 0 Å². The predicted molar refractivity (Wildman–Crippen MR) is 70.5 cm³/mol. The smallest absolute Gasteiger partial charge is 0.329 e. The lowest BCUT2D eigenvalue weighted by Crippen LogP contribution is -1.94. The quantitative estimate of drug-likeness (QED) is 0.686. The molecule has 0 saturated carbocycles. The van der Waals surface area contributed by atoms with E-state index in [2.05, 4.69) is 0 Å². The van der Waals surface area contributed by atoms with Gasteiger partial charge in [0.2, 0.25) is 5.75 Å². The van der Waals surface area contributed by atoms with Crippen LogP contribution in [0.2, 0.25) is 5.02 Å². The molecule has 0 aliphatic heterocycles. The largest absolute Gasteiger partial charge is 0.450 e. The van der Waals surface area contributed by atoms with Crippen LogP contribution < -0.4 is 4.74 Å². The number of nitrogens with zero attached hydrogens (tertiary/aromatic N) is 1. The van der Waals surface area contributed by atoms with Crippen molar-refractivity contribution < 1.29 is 14.8 Å². The molecule has 98 valence electrons. The van der Waals surface area contributed by atoms with Crippen LogP contribution in [0.5, 0.6) is 11.5 Å². The normalized spacial score (nSPS) is 10.2. The molecule has 0 aromatic heterocycles. The zero-order chi connectivity index (χ0) is 13.8. The molecule has 0 saturated heterocycles. The Morgan fingerprint density at radius 3 is 2.68 bits per heavy atom. The van der Waals surface area contributed by atoms with Gasteiger partial charge in [-0.1, -0.05) is 29.8 Å². The third-order valence-corrected chi connectivity index (χ3v) is 2.75. The fraction of sp³-hybridized carbons (Fsp3) is 0.0769. The van der Waals surface area contributed by atoms with Crippen LogP contribution in [0.25, 0.3) is 0 Å². The first-order chi connectivity index (χ1) is 9.11. The highest BCUT2D eigenvalue weighted by Gasteiger charge is 2.20. The van der Waals surface area contributed by atoms with Gasteiger partial charge in [-0.3, -0.25) is 10.1 Å². The standard InChI is InChI=1S/C13H10ClNO4/c14-11-5-2-6-12(13(11)15(17)18)19-10-4-1-3-9(7-10)8-16/h1-7,16H,8H2. The lowest BCUT2D eigenvalue weighted by Gasteiger charge is -2.07.